The SMILES string of the molecule is NCCC1(c2ccc(C(F)(F)F)cc2F)CC1. The first-order chi connectivity index (χ1) is 7.89. The molecule has 94 valence electrons. The van der Waals surface area contributed by atoms with Crippen LogP contribution in [0.5, 0.6) is 0 Å². The Morgan fingerprint density at radius 1 is 1.24 bits per heavy atom. The lowest BCUT2D eigenvalue weighted by Gasteiger charge is -2.16. The summed E-state index contributed by atoms with van der Waals surface area (Å²) in [7, 11) is 0. The van der Waals surface area contributed by atoms with Crippen LogP contribution in [-0.2, 0) is 11.6 Å². The minimum atomic E-state index is -4.50. The van der Waals surface area contributed by atoms with E-state index in [1.54, 1.807) is 0 Å². The molecule has 1 aliphatic rings. The van der Waals surface area contributed by atoms with Gasteiger partial charge in [-0.3, -0.25) is 0 Å². The maximum absolute atomic E-state index is 13.7. The predicted molar refractivity (Wildman–Crippen MR) is 56.0 cm³/mol. The van der Waals surface area contributed by atoms with Crippen LogP contribution in [0.25, 0.3) is 0 Å². The average molecular weight is 247 g/mol. The number of rotatable bonds is 3. The third-order valence-corrected chi connectivity index (χ3v) is 3.34. The molecule has 0 atom stereocenters. The second kappa shape index (κ2) is 3.98. The number of alkyl halides is 3. The summed E-state index contributed by atoms with van der Waals surface area (Å²) < 4.78 is 50.8. The highest BCUT2D eigenvalue weighted by atomic mass is 19.4. The molecule has 17 heavy (non-hydrogen) atoms. The van der Waals surface area contributed by atoms with Gasteiger partial charge in [-0.15, -0.1) is 0 Å². The highest BCUT2D eigenvalue weighted by Crippen LogP contribution is 2.51. The lowest BCUT2D eigenvalue weighted by Crippen LogP contribution is -2.16. The molecule has 2 rings (SSSR count). The van der Waals surface area contributed by atoms with Crippen LogP contribution in [-0.4, -0.2) is 6.54 Å². The molecule has 0 amide bonds. The van der Waals surface area contributed by atoms with E-state index in [0.717, 1.165) is 18.9 Å². The molecule has 0 radical (unpaired) electrons. The summed E-state index contributed by atoms with van der Waals surface area (Å²) in [5.74, 6) is -0.772. The van der Waals surface area contributed by atoms with Crippen LogP contribution < -0.4 is 5.73 Å². The van der Waals surface area contributed by atoms with E-state index in [1.165, 1.54) is 6.07 Å². The molecule has 0 aliphatic heterocycles. The van der Waals surface area contributed by atoms with Gasteiger partial charge >= 0.3 is 6.18 Å². The van der Waals surface area contributed by atoms with Gasteiger partial charge in [-0.25, -0.2) is 4.39 Å². The summed E-state index contributed by atoms with van der Waals surface area (Å²) >= 11 is 0. The predicted octanol–water partition coefficient (Wildman–Crippen LogP) is 3.22. The topological polar surface area (TPSA) is 26.0 Å². The third-order valence-electron chi connectivity index (χ3n) is 3.34. The summed E-state index contributed by atoms with van der Waals surface area (Å²) in [5.41, 5.74) is 4.55. The fraction of sp³-hybridized carbons (Fsp3) is 0.500. The van der Waals surface area contributed by atoms with Crippen molar-refractivity contribution in [2.45, 2.75) is 30.9 Å². The summed E-state index contributed by atoms with van der Waals surface area (Å²) in [6.07, 6.45) is -2.28. The molecule has 1 aromatic rings. The van der Waals surface area contributed by atoms with Crippen LogP contribution in [0.2, 0.25) is 0 Å². The fourth-order valence-electron chi connectivity index (χ4n) is 2.20. The highest BCUT2D eigenvalue weighted by molar-refractivity contribution is 5.36. The molecule has 1 fully saturated rings. The molecule has 0 aromatic heterocycles. The third kappa shape index (κ3) is 2.29. The van der Waals surface area contributed by atoms with Gasteiger partial charge in [0.05, 0.1) is 5.56 Å². The number of hydrogen-bond donors (Lipinski definition) is 1. The first-order valence-corrected chi connectivity index (χ1v) is 5.46. The molecule has 0 unspecified atom stereocenters. The van der Waals surface area contributed by atoms with Gasteiger partial charge < -0.3 is 5.73 Å². The minimum absolute atomic E-state index is 0.317. The number of hydrogen-bond acceptors (Lipinski definition) is 1. The average Bonchev–Trinajstić information content (AvgIpc) is 2.97. The van der Waals surface area contributed by atoms with E-state index in [1.807, 2.05) is 0 Å². The molecule has 1 saturated carbocycles. The summed E-state index contributed by atoms with van der Waals surface area (Å²) in [4.78, 5) is 0. The summed E-state index contributed by atoms with van der Waals surface area (Å²) in [6, 6.07) is 2.77. The molecule has 0 spiro atoms. The Hall–Kier alpha value is -1.10. The van der Waals surface area contributed by atoms with E-state index >= 15 is 0 Å². The second-order valence-electron chi connectivity index (χ2n) is 4.51. The van der Waals surface area contributed by atoms with Crippen molar-refractivity contribution in [3.8, 4) is 0 Å². The summed E-state index contributed by atoms with van der Waals surface area (Å²) in [5, 5.41) is 0. The van der Waals surface area contributed by atoms with E-state index in [-0.39, 0.29) is 5.41 Å². The van der Waals surface area contributed by atoms with Crippen LogP contribution in [0, 0.1) is 5.82 Å². The maximum Gasteiger partial charge on any atom is 0.416 e. The monoisotopic (exact) mass is 247 g/mol. The van der Waals surface area contributed by atoms with E-state index in [0.29, 0.717) is 24.6 Å². The Morgan fingerprint density at radius 2 is 1.88 bits per heavy atom. The standard InChI is InChI=1S/C12H13F4N/c13-10-7-8(12(14,15)16)1-2-9(10)11(3-4-11)5-6-17/h1-2,7H,3-6,17H2. The molecule has 0 heterocycles. The molecular weight excluding hydrogens is 234 g/mol. The van der Waals surface area contributed by atoms with E-state index in [4.69, 9.17) is 5.73 Å². The quantitative estimate of drug-likeness (QED) is 0.815. The first-order valence-electron chi connectivity index (χ1n) is 5.46. The van der Waals surface area contributed by atoms with Crippen molar-refractivity contribution in [2.24, 2.45) is 5.73 Å². The molecule has 1 nitrogen and oxygen atoms in total. The van der Waals surface area contributed by atoms with Crippen molar-refractivity contribution in [3.05, 3.63) is 35.1 Å². The Labute approximate surface area is 96.6 Å². The highest BCUT2D eigenvalue weighted by Gasteiger charge is 2.45. The van der Waals surface area contributed by atoms with Gasteiger partial charge in [-0.2, -0.15) is 13.2 Å². The van der Waals surface area contributed by atoms with Crippen molar-refractivity contribution in [1.82, 2.24) is 0 Å². The minimum Gasteiger partial charge on any atom is -0.330 e. The second-order valence-corrected chi connectivity index (χ2v) is 4.51. The molecule has 1 aliphatic carbocycles. The largest absolute Gasteiger partial charge is 0.416 e. The summed E-state index contributed by atoms with van der Waals surface area (Å²) in [6.45, 7) is 0.417. The number of nitrogens with two attached hydrogens (primary N) is 1. The normalized spacial score (nSPS) is 18.2. The van der Waals surface area contributed by atoms with Gasteiger partial charge in [-0.1, -0.05) is 6.07 Å². The van der Waals surface area contributed by atoms with Crippen LogP contribution in [0.15, 0.2) is 18.2 Å². The van der Waals surface area contributed by atoms with E-state index in [9.17, 15) is 17.6 Å². The van der Waals surface area contributed by atoms with Gasteiger partial charge in [0.2, 0.25) is 0 Å². The molecule has 0 bridgehead atoms. The molecule has 2 N–H and O–H groups in total. The van der Waals surface area contributed by atoms with E-state index in [2.05, 4.69) is 0 Å². The molecule has 1 aromatic carbocycles. The van der Waals surface area contributed by atoms with Crippen molar-refractivity contribution in [1.29, 1.82) is 0 Å². The lowest BCUT2D eigenvalue weighted by atomic mass is 9.91. The molecule has 0 saturated heterocycles. The van der Waals surface area contributed by atoms with Gasteiger partial charge in [0.1, 0.15) is 5.82 Å². The smallest absolute Gasteiger partial charge is 0.330 e. The fourth-order valence-corrected chi connectivity index (χ4v) is 2.20. The van der Waals surface area contributed by atoms with Crippen LogP contribution in [0.4, 0.5) is 17.6 Å². The van der Waals surface area contributed by atoms with Crippen LogP contribution in [0.1, 0.15) is 30.4 Å². The molecule has 5 heteroatoms. The van der Waals surface area contributed by atoms with Gasteiger partial charge in [0.15, 0.2) is 0 Å². The number of halogens is 4. The zero-order valence-corrected chi connectivity index (χ0v) is 9.15. The van der Waals surface area contributed by atoms with Crippen LogP contribution >= 0.6 is 0 Å². The van der Waals surface area contributed by atoms with Crippen molar-refractivity contribution in [3.63, 3.8) is 0 Å². The zero-order valence-electron chi connectivity index (χ0n) is 9.15. The Kier molecular flexibility index (Phi) is 2.89. The van der Waals surface area contributed by atoms with Crippen molar-refractivity contribution in [2.75, 3.05) is 6.54 Å². The van der Waals surface area contributed by atoms with Gasteiger partial charge in [-0.05, 0) is 48.9 Å². The Morgan fingerprint density at radius 3 is 2.29 bits per heavy atom. The van der Waals surface area contributed by atoms with Crippen LogP contribution in [0.3, 0.4) is 0 Å². The molecular formula is C12H13F4N. The first kappa shape index (κ1) is 12.4. The number of benzene rings is 1. The van der Waals surface area contributed by atoms with Gasteiger partial charge in [0, 0.05) is 0 Å². The lowest BCUT2D eigenvalue weighted by molar-refractivity contribution is -0.137. The van der Waals surface area contributed by atoms with Crippen molar-refractivity contribution < 1.29 is 17.6 Å². The van der Waals surface area contributed by atoms with Gasteiger partial charge in [0.25, 0.3) is 0 Å². The Bertz CT molecular complexity index is 421. The Balaban J connectivity index is 2.33. The van der Waals surface area contributed by atoms with E-state index < -0.39 is 17.6 Å². The van der Waals surface area contributed by atoms with Crippen molar-refractivity contribution >= 4 is 0 Å². The maximum atomic E-state index is 13.7. The zero-order chi connectivity index (χ0) is 12.7.